The van der Waals surface area contributed by atoms with Crippen LogP contribution in [0.1, 0.15) is 25.3 Å². The number of esters is 1. The molecule has 5 nitrogen and oxygen atoms in total. The van der Waals surface area contributed by atoms with Gasteiger partial charge < -0.3 is 10.1 Å². The number of nitrogens with zero attached hydrogens (tertiary/aromatic N) is 1. The molecule has 5 heteroatoms. The van der Waals surface area contributed by atoms with E-state index in [9.17, 15) is 9.59 Å². The minimum atomic E-state index is -0.576. The molecule has 0 fully saturated rings. The Labute approximate surface area is 164 Å². The van der Waals surface area contributed by atoms with E-state index in [2.05, 4.69) is 5.32 Å². The van der Waals surface area contributed by atoms with Crippen LogP contribution in [0.4, 0.5) is 11.4 Å². The summed E-state index contributed by atoms with van der Waals surface area (Å²) in [6, 6.07) is 17.2. The van der Waals surface area contributed by atoms with Crippen molar-refractivity contribution in [3.63, 3.8) is 0 Å². The van der Waals surface area contributed by atoms with Crippen molar-refractivity contribution in [2.75, 3.05) is 11.9 Å². The monoisotopic (exact) mass is 374 g/mol. The average Bonchev–Trinajstić information content (AvgIpc) is 2.83. The van der Waals surface area contributed by atoms with Crippen molar-refractivity contribution >= 4 is 29.0 Å². The van der Waals surface area contributed by atoms with Gasteiger partial charge in [0.25, 0.3) is 0 Å². The maximum atomic E-state index is 13.3. The van der Waals surface area contributed by atoms with Crippen LogP contribution < -0.4 is 5.32 Å². The van der Waals surface area contributed by atoms with Gasteiger partial charge in [-0.2, -0.15) is 0 Å². The number of hydrogen-bond acceptors (Lipinski definition) is 4. The van der Waals surface area contributed by atoms with E-state index in [0.717, 1.165) is 16.8 Å². The molecule has 3 atom stereocenters. The van der Waals surface area contributed by atoms with E-state index in [0.29, 0.717) is 18.0 Å². The molecule has 1 N–H and O–H groups in total. The van der Waals surface area contributed by atoms with E-state index in [-0.39, 0.29) is 17.8 Å². The predicted octanol–water partition coefficient (Wildman–Crippen LogP) is 4.25. The molecule has 1 aliphatic heterocycles. The SMILES string of the molecule is CCOC(=O)C1C(C)=CC2=Nc3ccccc3NC(=O)C2C1c1ccccc1. The first kappa shape index (κ1) is 18.2. The Bertz CT molecular complexity index is 978. The lowest BCUT2D eigenvalue weighted by molar-refractivity contribution is -0.147. The van der Waals surface area contributed by atoms with Crippen LogP contribution in [0.15, 0.2) is 71.2 Å². The molecule has 1 amide bonds. The van der Waals surface area contributed by atoms with Gasteiger partial charge in [-0.3, -0.25) is 14.6 Å². The Balaban J connectivity index is 1.90. The lowest BCUT2D eigenvalue weighted by Crippen LogP contribution is -2.42. The van der Waals surface area contributed by atoms with Gasteiger partial charge in [0.2, 0.25) is 5.91 Å². The van der Waals surface area contributed by atoms with E-state index in [4.69, 9.17) is 9.73 Å². The first-order valence-corrected chi connectivity index (χ1v) is 9.48. The van der Waals surface area contributed by atoms with Crippen molar-refractivity contribution in [3.05, 3.63) is 71.8 Å². The van der Waals surface area contributed by atoms with Crippen LogP contribution >= 0.6 is 0 Å². The van der Waals surface area contributed by atoms with Crippen molar-refractivity contribution in [2.24, 2.45) is 16.8 Å². The number of allylic oxidation sites excluding steroid dienone is 1. The average molecular weight is 374 g/mol. The summed E-state index contributed by atoms with van der Waals surface area (Å²) in [6.07, 6.45) is 1.87. The second-order valence-electron chi connectivity index (χ2n) is 7.08. The molecule has 0 aromatic heterocycles. The smallest absolute Gasteiger partial charge is 0.313 e. The molecule has 0 saturated heterocycles. The topological polar surface area (TPSA) is 67.8 Å². The fourth-order valence-corrected chi connectivity index (χ4v) is 4.12. The molecule has 1 heterocycles. The van der Waals surface area contributed by atoms with Gasteiger partial charge in [0, 0.05) is 5.92 Å². The number of benzene rings is 2. The van der Waals surface area contributed by atoms with Gasteiger partial charge in [-0.15, -0.1) is 0 Å². The highest BCUT2D eigenvalue weighted by molar-refractivity contribution is 6.19. The molecule has 0 bridgehead atoms. The molecule has 28 heavy (non-hydrogen) atoms. The van der Waals surface area contributed by atoms with Gasteiger partial charge in [0.15, 0.2) is 0 Å². The molecule has 1 aliphatic carbocycles. The summed E-state index contributed by atoms with van der Waals surface area (Å²) in [6.45, 7) is 4.00. The first-order valence-electron chi connectivity index (χ1n) is 9.48. The molecule has 3 unspecified atom stereocenters. The number of rotatable bonds is 3. The maximum Gasteiger partial charge on any atom is 0.313 e. The second-order valence-corrected chi connectivity index (χ2v) is 7.08. The van der Waals surface area contributed by atoms with Crippen molar-refractivity contribution in [1.82, 2.24) is 0 Å². The third kappa shape index (κ3) is 3.13. The standard InChI is InChI=1S/C23H22N2O3/c1-3-28-23(27)19-14(2)13-18-21(20(19)15-9-5-4-6-10-15)22(26)25-17-12-8-7-11-16(17)24-18/h4-13,19-21H,3H2,1-2H3,(H,25,26). The van der Waals surface area contributed by atoms with E-state index in [1.165, 1.54) is 0 Å². The Morgan fingerprint density at radius 3 is 2.57 bits per heavy atom. The summed E-state index contributed by atoms with van der Waals surface area (Å²) in [7, 11) is 0. The molecule has 2 aromatic rings. The lowest BCUT2D eigenvalue weighted by Gasteiger charge is -2.36. The van der Waals surface area contributed by atoms with E-state index >= 15 is 0 Å². The molecule has 142 valence electrons. The molecule has 2 aliphatic rings. The zero-order chi connectivity index (χ0) is 19.7. The lowest BCUT2D eigenvalue weighted by atomic mass is 9.67. The van der Waals surface area contributed by atoms with Crippen LogP contribution in [-0.2, 0) is 14.3 Å². The number of amides is 1. The number of nitrogens with one attached hydrogen (secondary N) is 1. The molecule has 0 spiro atoms. The molecular formula is C23H22N2O3. The summed E-state index contributed by atoms with van der Waals surface area (Å²) < 4.78 is 5.36. The number of fused-ring (bicyclic) bond motifs is 2. The quantitative estimate of drug-likeness (QED) is 0.817. The number of ether oxygens (including phenoxy) is 1. The second kappa shape index (κ2) is 7.43. The summed E-state index contributed by atoms with van der Waals surface area (Å²) >= 11 is 0. The number of hydrogen-bond donors (Lipinski definition) is 1. The zero-order valence-corrected chi connectivity index (χ0v) is 15.9. The Kier molecular flexibility index (Phi) is 4.82. The molecule has 0 radical (unpaired) electrons. The summed E-state index contributed by atoms with van der Waals surface area (Å²) in [4.78, 5) is 30.9. The van der Waals surface area contributed by atoms with Crippen LogP contribution in [0.5, 0.6) is 0 Å². The van der Waals surface area contributed by atoms with Crippen molar-refractivity contribution in [2.45, 2.75) is 19.8 Å². The minimum Gasteiger partial charge on any atom is -0.466 e. The predicted molar refractivity (Wildman–Crippen MR) is 109 cm³/mol. The van der Waals surface area contributed by atoms with Gasteiger partial charge in [0.05, 0.1) is 35.5 Å². The molecule has 4 rings (SSSR count). The largest absolute Gasteiger partial charge is 0.466 e. The van der Waals surface area contributed by atoms with E-state index in [1.807, 2.05) is 67.6 Å². The van der Waals surface area contributed by atoms with Gasteiger partial charge in [-0.05, 0) is 37.6 Å². The number of aliphatic imine (C=N–C) groups is 1. The van der Waals surface area contributed by atoms with Crippen LogP contribution in [-0.4, -0.2) is 24.2 Å². The normalized spacial score (nSPS) is 23.4. The van der Waals surface area contributed by atoms with Gasteiger partial charge in [-0.1, -0.05) is 48.0 Å². The fourth-order valence-electron chi connectivity index (χ4n) is 4.12. The highest BCUT2D eigenvalue weighted by Crippen LogP contribution is 2.44. The van der Waals surface area contributed by atoms with E-state index < -0.39 is 11.8 Å². The number of carbonyl (C=O) groups is 2. The first-order chi connectivity index (χ1) is 13.6. The van der Waals surface area contributed by atoms with Gasteiger partial charge >= 0.3 is 5.97 Å². The van der Waals surface area contributed by atoms with Crippen LogP contribution in [0.3, 0.4) is 0 Å². The Morgan fingerprint density at radius 1 is 1.11 bits per heavy atom. The van der Waals surface area contributed by atoms with Crippen molar-refractivity contribution in [3.8, 4) is 0 Å². The molecule has 0 saturated carbocycles. The summed E-state index contributed by atoms with van der Waals surface area (Å²) in [5, 5.41) is 2.99. The maximum absolute atomic E-state index is 13.3. The number of anilines is 1. The highest BCUT2D eigenvalue weighted by atomic mass is 16.5. The zero-order valence-electron chi connectivity index (χ0n) is 15.9. The minimum absolute atomic E-state index is 0.157. The molecular weight excluding hydrogens is 352 g/mol. The Morgan fingerprint density at radius 2 is 1.82 bits per heavy atom. The van der Waals surface area contributed by atoms with Gasteiger partial charge in [0.1, 0.15) is 0 Å². The number of carbonyl (C=O) groups excluding carboxylic acids is 2. The number of para-hydroxylation sites is 2. The summed E-state index contributed by atoms with van der Waals surface area (Å²) in [5.41, 5.74) is 3.86. The third-order valence-electron chi connectivity index (χ3n) is 5.32. The van der Waals surface area contributed by atoms with Crippen LogP contribution in [0.2, 0.25) is 0 Å². The summed E-state index contributed by atoms with van der Waals surface area (Å²) in [5.74, 6) is -1.95. The molecule has 2 aromatic carbocycles. The van der Waals surface area contributed by atoms with Crippen molar-refractivity contribution < 1.29 is 14.3 Å². The highest BCUT2D eigenvalue weighted by Gasteiger charge is 2.46. The fraction of sp³-hybridized carbons (Fsp3) is 0.261. The third-order valence-corrected chi connectivity index (χ3v) is 5.32. The van der Waals surface area contributed by atoms with Crippen LogP contribution in [0.25, 0.3) is 0 Å². The van der Waals surface area contributed by atoms with E-state index in [1.54, 1.807) is 6.92 Å². The Hall–Kier alpha value is -3.21. The van der Waals surface area contributed by atoms with Crippen LogP contribution in [0, 0.1) is 11.8 Å². The van der Waals surface area contributed by atoms with Gasteiger partial charge in [-0.25, -0.2) is 0 Å². The van der Waals surface area contributed by atoms with Crippen molar-refractivity contribution in [1.29, 1.82) is 0 Å².